The van der Waals surface area contributed by atoms with E-state index in [1.807, 2.05) is 38.1 Å². The quantitative estimate of drug-likeness (QED) is 0.860. The first-order valence-corrected chi connectivity index (χ1v) is 8.83. The molecule has 1 unspecified atom stereocenters. The van der Waals surface area contributed by atoms with E-state index in [9.17, 15) is 18.0 Å². The van der Waals surface area contributed by atoms with Crippen molar-refractivity contribution in [3.8, 4) is 5.75 Å². The van der Waals surface area contributed by atoms with Crippen LogP contribution in [0, 0.1) is 5.92 Å². The van der Waals surface area contributed by atoms with Gasteiger partial charge in [0.05, 0.1) is 11.5 Å². The molecule has 0 fully saturated rings. The van der Waals surface area contributed by atoms with Gasteiger partial charge in [-0.2, -0.15) is 13.2 Å². The highest BCUT2D eigenvalue weighted by atomic mass is 19.4. The number of halogens is 3. The second kappa shape index (κ2) is 7.25. The van der Waals surface area contributed by atoms with Crippen LogP contribution in [0.4, 0.5) is 13.2 Å². The average Bonchev–Trinajstić information content (AvgIpc) is 2.65. The molecule has 0 saturated heterocycles. The molecule has 144 valence electrons. The van der Waals surface area contributed by atoms with Crippen molar-refractivity contribution in [2.75, 3.05) is 13.2 Å². The maximum Gasteiger partial charge on any atom is 0.416 e. The molecule has 0 aliphatic carbocycles. The fourth-order valence-electron chi connectivity index (χ4n) is 3.17. The van der Waals surface area contributed by atoms with Crippen molar-refractivity contribution in [1.29, 1.82) is 0 Å². The average molecular weight is 377 g/mol. The number of nitrogens with one attached hydrogen (secondary N) is 1. The van der Waals surface area contributed by atoms with Crippen LogP contribution >= 0.6 is 0 Å². The van der Waals surface area contributed by atoms with Crippen LogP contribution in [0.3, 0.4) is 0 Å². The Balaban J connectivity index is 1.65. The molecule has 0 saturated carbocycles. The molecule has 1 atom stereocenters. The molecule has 0 radical (unpaired) electrons. The van der Waals surface area contributed by atoms with Crippen molar-refractivity contribution in [1.82, 2.24) is 5.32 Å². The van der Waals surface area contributed by atoms with Crippen LogP contribution in [0.15, 0.2) is 48.5 Å². The Morgan fingerprint density at radius 2 is 1.81 bits per heavy atom. The maximum atomic E-state index is 13.0. The van der Waals surface area contributed by atoms with Crippen molar-refractivity contribution in [2.24, 2.45) is 5.92 Å². The van der Waals surface area contributed by atoms with Crippen LogP contribution in [0.1, 0.15) is 30.5 Å². The number of carbonyl (C=O) groups is 1. The third kappa shape index (κ3) is 4.43. The minimum Gasteiger partial charge on any atom is -0.492 e. The summed E-state index contributed by atoms with van der Waals surface area (Å²) in [5.74, 6) is 0.340. The highest BCUT2D eigenvalue weighted by Crippen LogP contribution is 2.33. The zero-order valence-electron chi connectivity index (χ0n) is 15.3. The smallest absolute Gasteiger partial charge is 0.416 e. The van der Waals surface area contributed by atoms with Gasteiger partial charge in [-0.05, 0) is 29.7 Å². The SMILES string of the molecule is CC(C)(CNC(=O)C1COc2ccccc2C1)c1cccc(C(F)(F)F)c1. The molecule has 1 aliphatic rings. The molecular weight excluding hydrogens is 355 g/mol. The van der Waals surface area contributed by atoms with E-state index >= 15 is 0 Å². The van der Waals surface area contributed by atoms with E-state index < -0.39 is 17.2 Å². The lowest BCUT2D eigenvalue weighted by molar-refractivity contribution is -0.137. The lowest BCUT2D eigenvalue weighted by atomic mass is 9.83. The first kappa shape index (κ1) is 19.3. The number of alkyl halides is 3. The second-order valence-corrected chi connectivity index (χ2v) is 7.50. The molecule has 0 spiro atoms. The summed E-state index contributed by atoms with van der Waals surface area (Å²) in [6.45, 7) is 4.17. The maximum absolute atomic E-state index is 13.0. The Hall–Kier alpha value is -2.50. The summed E-state index contributed by atoms with van der Waals surface area (Å²) in [6.07, 6.45) is -3.80. The molecule has 6 heteroatoms. The second-order valence-electron chi connectivity index (χ2n) is 7.50. The number of carbonyl (C=O) groups excluding carboxylic acids is 1. The number of hydrogen-bond acceptors (Lipinski definition) is 2. The first-order valence-electron chi connectivity index (χ1n) is 8.83. The summed E-state index contributed by atoms with van der Waals surface area (Å²) in [6, 6.07) is 12.8. The van der Waals surface area contributed by atoms with Gasteiger partial charge < -0.3 is 10.1 Å². The summed E-state index contributed by atoms with van der Waals surface area (Å²) in [7, 11) is 0. The fraction of sp³-hybridized carbons (Fsp3) is 0.381. The summed E-state index contributed by atoms with van der Waals surface area (Å²) >= 11 is 0. The van der Waals surface area contributed by atoms with Gasteiger partial charge in [-0.1, -0.05) is 50.2 Å². The summed E-state index contributed by atoms with van der Waals surface area (Å²) < 4.78 is 44.5. The molecule has 2 aromatic carbocycles. The predicted octanol–water partition coefficient (Wildman–Crippen LogP) is 4.35. The van der Waals surface area contributed by atoms with Gasteiger partial charge in [0.1, 0.15) is 12.4 Å². The molecule has 1 N–H and O–H groups in total. The molecule has 1 aliphatic heterocycles. The Morgan fingerprint density at radius 1 is 1.11 bits per heavy atom. The standard InChI is InChI=1S/C21H22F3NO2/c1-20(2,16-7-5-8-17(11-16)21(22,23)24)13-25-19(26)15-10-14-6-3-4-9-18(14)27-12-15/h3-9,11,15H,10,12-13H2,1-2H3,(H,25,26). The van der Waals surface area contributed by atoms with Crippen LogP contribution < -0.4 is 10.1 Å². The molecule has 2 aromatic rings. The number of hydrogen-bond donors (Lipinski definition) is 1. The largest absolute Gasteiger partial charge is 0.492 e. The van der Waals surface area contributed by atoms with Crippen LogP contribution in [-0.2, 0) is 22.8 Å². The van der Waals surface area contributed by atoms with Gasteiger partial charge in [-0.3, -0.25) is 4.79 Å². The zero-order chi connectivity index (χ0) is 19.7. The summed E-state index contributed by atoms with van der Waals surface area (Å²) in [5, 5.41) is 2.88. The zero-order valence-corrected chi connectivity index (χ0v) is 15.3. The fourth-order valence-corrected chi connectivity index (χ4v) is 3.17. The van der Waals surface area contributed by atoms with Gasteiger partial charge in [0, 0.05) is 12.0 Å². The minimum absolute atomic E-state index is 0.149. The highest BCUT2D eigenvalue weighted by Gasteiger charge is 2.33. The van der Waals surface area contributed by atoms with E-state index in [2.05, 4.69) is 5.32 Å². The Morgan fingerprint density at radius 3 is 2.56 bits per heavy atom. The highest BCUT2D eigenvalue weighted by molar-refractivity contribution is 5.79. The number of rotatable bonds is 4. The van der Waals surface area contributed by atoms with Crippen molar-refractivity contribution in [3.63, 3.8) is 0 Å². The molecule has 1 heterocycles. The van der Waals surface area contributed by atoms with Gasteiger partial charge in [0.2, 0.25) is 5.91 Å². The minimum atomic E-state index is -4.39. The molecular formula is C21H22F3NO2. The molecule has 3 nitrogen and oxygen atoms in total. The van der Waals surface area contributed by atoms with Gasteiger partial charge in [0.15, 0.2) is 0 Å². The molecule has 1 amide bonds. The van der Waals surface area contributed by atoms with Crippen LogP contribution in [0.2, 0.25) is 0 Å². The van der Waals surface area contributed by atoms with Gasteiger partial charge in [-0.15, -0.1) is 0 Å². The van der Waals surface area contributed by atoms with E-state index in [4.69, 9.17) is 4.74 Å². The Kier molecular flexibility index (Phi) is 5.18. The molecule has 3 rings (SSSR count). The molecule has 27 heavy (non-hydrogen) atoms. The lowest BCUT2D eigenvalue weighted by Gasteiger charge is -2.29. The normalized spacial score (nSPS) is 17.0. The van der Waals surface area contributed by atoms with E-state index in [-0.39, 0.29) is 18.4 Å². The number of para-hydroxylation sites is 1. The number of amides is 1. The summed E-state index contributed by atoms with van der Waals surface area (Å²) in [5.41, 5.74) is 0.199. The van der Waals surface area contributed by atoms with Crippen molar-refractivity contribution < 1.29 is 22.7 Å². The topological polar surface area (TPSA) is 38.3 Å². The Bertz CT molecular complexity index is 830. The summed E-state index contributed by atoms with van der Waals surface area (Å²) in [4.78, 5) is 12.5. The van der Waals surface area contributed by atoms with E-state index in [1.54, 1.807) is 6.07 Å². The first-order chi connectivity index (χ1) is 12.7. The van der Waals surface area contributed by atoms with Crippen LogP contribution in [0.25, 0.3) is 0 Å². The Labute approximate surface area is 156 Å². The van der Waals surface area contributed by atoms with Gasteiger partial charge >= 0.3 is 6.18 Å². The molecule has 0 bridgehead atoms. The number of benzene rings is 2. The molecule has 0 aromatic heterocycles. The lowest BCUT2D eigenvalue weighted by Crippen LogP contribution is -2.42. The van der Waals surface area contributed by atoms with Crippen molar-refractivity contribution >= 4 is 5.91 Å². The predicted molar refractivity (Wildman–Crippen MR) is 96.6 cm³/mol. The monoisotopic (exact) mass is 377 g/mol. The van der Waals surface area contributed by atoms with Gasteiger partial charge in [-0.25, -0.2) is 0 Å². The number of fused-ring (bicyclic) bond motifs is 1. The van der Waals surface area contributed by atoms with Crippen LogP contribution in [0.5, 0.6) is 5.75 Å². The van der Waals surface area contributed by atoms with Crippen molar-refractivity contribution in [2.45, 2.75) is 31.9 Å². The van der Waals surface area contributed by atoms with E-state index in [1.165, 1.54) is 6.07 Å². The number of ether oxygens (including phenoxy) is 1. The van der Waals surface area contributed by atoms with E-state index in [0.717, 1.165) is 23.4 Å². The third-order valence-corrected chi connectivity index (χ3v) is 4.93. The third-order valence-electron chi connectivity index (χ3n) is 4.93. The van der Waals surface area contributed by atoms with Gasteiger partial charge in [0.25, 0.3) is 0 Å². The van der Waals surface area contributed by atoms with E-state index in [0.29, 0.717) is 18.6 Å². The van der Waals surface area contributed by atoms with Crippen molar-refractivity contribution in [3.05, 3.63) is 65.2 Å². The van der Waals surface area contributed by atoms with Crippen LogP contribution in [-0.4, -0.2) is 19.1 Å².